The lowest BCUT2D eigenvalue weighted by Gasteiger charge is -2.15. The number of benzene rings is 2. The zero-order valence-corrected chi connectivity index (χ0v) is 15.2. The van der Waals surface area contributed by atoms with Crippen molar-refractivity contribution in [3.05, 3.63) is 68.9 Å². The fourth-order valence-electron chi connectivity index (χ4n) is 2.23. The topological polar surface area (TPSA) is 34.1 Å². The van der Waals surface area contributed by atoms with Crippen LogP contribution in [0, 0.1) is 17.5 Å². The molecule has 0 amide bonds. The molecule has 148 valence electrons. The SMILES string of the molecule is Fc1cccc(Oc2c(F)cc(C(F)(F)F)cc2F)c1NCc1cnc(Cl)s1. The molecule has 0 spiro atoms. The molecule has 1 N–H and O–H groups in total. The maximum Gasteiger partial charge on any atom is 0.416 e. The van der Waals surface area contributed by atoms with Crippen LogP contribution in [0.15, 0.2) is 36.5 Å². The summed E-state index contributed by atoms with van der Waals surface area (Å²) in [5.74, 6) is -5.33. The third-order valence-corrected chi connectivity index (χ3v) is 4.59. The molecular weight excluding hydrogens is 430 g/mol. The van der Waals surface area contributed by atoms with Crippen molar-refractivity contribution in [1.82, 2.24) is 4.98 Å². The van der Waals surface area contributed by atoms with Crippen molar-refractivity contribution in [1.29, 1.82) is 0 Å². The second-order valence-electron chi connectivity index (χ2n) is 5.41. The average molecular weight is 439 g/mol. The summed E-state index contributed by atoms with van der Waals surface area (Å²) in [6, 6.07) is 3.71. The number of nitrogens with one attached hydrogen (secondary N) is 1. The Labute approximate surface area is 163 Å². The lowest BCUT2D eigenvalue weighted by Crippen LogP contribution is -2.08. The van der Waals surface area contributed by atoms with Gasteiger partial charge in [0.25, 0.3) is 0 Å². The number of halogens is 7. The molecule has 0 aliphatic carbocycles. The average Bonchev–Trinajstić information content (AvgIpc) is 3.01. The molecule has 0 saturated carbocycles. The summed E-state index contributed by atoms with van der Waals surface area (Å²) in [5, 5.41) is 2.69. The van der Waals surface area contributed by atoms with Crippen LogP contribution in [0.4, 0.5) is 32.0 Å². The van der Waals surface area contributed by atoms with Gasteiger partial charge in [-0.1, -0.05) is 17.7 Å². The van der Waals surface area contributed by atoms with E-state index >= 15 is 0 Å². The molecule has 0 bridgehead atoms. The summed E-state index contributed by atoms with van der Waals surface area (Å²) >= 11 is 6.84. The summed E-state index contributed by atoms with van der Waals surface area (Å²) in [7, 11) is 0. The first-order chi connectivity index (χ1) is 13.1. The van der Waals surface area contributed by atoms with Gasteiger partial charge in [0, 0.05) is 11.1 Å². The van der Waals surface area contributed by atoms with E-state index in [4.69, 9.17) is 16.3 Å². The molecule has 0 saturated heterocycles. The van der Waals surface area contributed by atoms with Crippen molar-refractivity contribution in [3.63, 3.8) is 0 Å². The Bertz CT molecular complexity index is 985. The number of hydrogen-bond donors (Lipinski definition) is 1. The van der Waals surface area contributed by atoms with Crippen LogP contribution in [-0.4, -0.2) is 4.98 Å². The van der Waals surface area contributed by atoms with Crippen LogP contribution >= 0.6 is 22.9 Å². The standard InChI is InChI=1S/C17H9ClF6N2OS/c18-16-26-7-9(28-16)6-25-14-10(19)2-1-3-13(14)27-15-11(20)4-8(5-12(15)21)17(22,23)24/h1-5,7,25H,6H2. The van der Waals surface area contributed by atoms with Crippen molar-refractivity contribution in [2.45, 2.75) is 12.7 Å². The van der Waals surface area contributed by atoms with E-state index in [0.717, 1.165) is 17.4 Å². The van der Waals surface area contributed by atoms with E-state index in [0.29, 0.717) is 4.88 Å². The molecule has 0 fully saturated rings. The van der Waals surface area contributed by atoms with Gasteiger partial charge in [0.2, 0.25) is 0 Å². The zero-order valence-electron chi connectivity index (χ0n) is 13.6. The van der Waals surface area contributed by atoms with E-state index in [2.05, 4.69) is 10.3 Å². The van der Waals surface area contributed by atoms with Gasteiger partial charge in [-0.2, -0.15) is 13.2 Å². The van der Waals surface area contributed by atoms with Crippen molar-refractivity contribution >= 4 is 28.6 Å². The Morgan fingerprint density at radius 2 is 1.75 bits per heavy atom. The number of para-hydroxylation sites is 1. The lowest BCUT2D eigenvalue weighted by atomic mass is 10.2. The third-order valence-electron chi connectivity index (χ3n) is 3.48. The highest BCUT2D eigenvalue weighted by molar-refractivity contribution is 7.15. The van der Waals surface area contributed by atoms with E-state index in [9.17, 15) is 26.3 Å². The molecule has 0 atom stereocenters. The molecule has 11 heteroatoms. The first-order valence-electron chi connectivity index (χ1n) is 7.52. The van der Waals surface area contributed by atoms with Crippen LogP contribution in [0.3, 0.4) is 0 Å². The van der Waals surface area contributed by atoms with E-state index in [-0.39, 0.29) is 34.6 Å². The Morgan fingerprint density at radius 1 is 1.07 bits per heavy atom. The van der Waals surface area contributed by atoms with Gasteiger partial charge < -0.3 is 10.1 Å². The molecule has 3 nitrogen and oxygen atoms in total. The molecular formula is C17H9ClF6N2OS. The lowest BCUT2D eigenvalue weighted by molar-refractivity contribution is -0.138. The van der Waals surface area contributed by atoms with E-state index in [1.54, 1.807) is 0 Å². The molecule has 28 heavy (non-hydrogen) atoms. The van der Waals surface area contributed by atoms with Gasteiger partial charge in [-0.3, -0.25) is 0 Å². The van der Waals surface area contributed by atoms with E-state index in [1.807, 2.05) is 0 Å². The van der Waals surface area contributed by atoms with Crippen LogP contribution in [0.25, 0.3) is 0 Å². The minimum Gasteiger partial charge on any atom is -0.449 e. The largest absolute Gasteiger partial charge is 0.449 e. The third kappa shape index (κ3) is 4.50. The summed E-state index contributed by atoms with van der Waals surface area (Å²) in [6.45, 7) is 0.0830. The summed E-state index contributed by atoms with van der Waals surface area (Å²) in [4.78, 5) is 4.47. The molecule has 0 aliphatic rings. The van der Waals surface area contributed by atoms with Crippen molar-refractivity contribution in [2.24, 2.45) is 0 Å². The summed E-state index contributed by atoms with van der Waals surface area (Å²) in [6.07, 6.45) is -3.47. The molecule has 0 radical (unpaired) electrons. The van der Waals surface area contributed by atoms with E-state index < -0.39 is 34.9 Å². The number of ether oxygens (including phenoxy) is 1. The fourth-order valence-corrected chi connectivity index (χ4v) is 3.15. The second kappa shape index (κ2) is 7.88. The van der Waals surface area contributed by atoms with Crippen LogP contribution in [0.5, 0.6) is 11.5 Å². The molecule has 2 aromatic carbocycles. The van der Waals surface area contributed by atoms with Crippen LogP contribution in [0.1, 0.15) is 10.4 Å². The Balaban J connectivity index is 1.89. The van der Waals surface area contributed by atoms with Gasteiger partial charge in [-0.25, -0.2) is 18.2 Å². The van der Waals surface area contributed by atoms with Crippen LogP contribution < -0.4 is 10.1 Å². The van der Waals surface area contributed by atoms with E-state index in [1.165, 1.54) is 18.3 Å². The smallest absolute Gasteiger partial charge is 0.416 e. The first kappa shape index (κ1) is 20.3. The van der Waals surface area contributed by atoms with Crippen molar-refractivity contribution < 1.29 is 31.1 Å². The number of hydrogen-bond acceptors (Lipinski definition) is 4. The Morgan fingerprint density at radius 3 is 2.32 bits per heavy atom. The molecule has 1 aromatic heterocycles. The van der Waals surface area contributed by atoms with Gasteiger partial charge in [-0.05, 0) is 24.3 Å². The summed E-state index contributed by atoms with van der Waals surface area (Å²) < 4.78 is 85.4. The minimum absolute atomic E-state index is 0.0830. The predicted molar refractivity (Wildman–Crippen MR) is 92.3 cm³/mol. The monoisotopic (exact) mass is 438 g/mol. The quantitative estimate of drug-likeness (QED) is 0.453. The van der Waals surface area contributed by atoms with Gasteiger partial charge in [0.15, 0.2) is 27.6 Å². The van der Waals surface area contributed by atoms with Crippen LogP contribution in [0.2, 0.25) is 4.47 Å². The summed E-state index contributed by atoms with van der Waals surface area (Å²) in [5.41, 5.74) is -1.74. The highest BCUT2D eigenvalue weighted by Gasteiger charge is 2.33. The van der Waals surface area contributed by atoms with Crippen LogP contribution in [-0.2, 0) is 12.7 Å². The molecule has 0 aliphatic heterocycles. The molecule has 3 rings (SSSR count). The number of anilines is 1. The zero-order chi connectivity index (χ0) is 20.5. The van der Waals surface area contributed by atoms with Gasteiger partial charge >= 0.3 is 6.18 Å². The highest BCUT2D eigenvalue weighted by atomic mass is 35.5. The minimum atomic E-state index is -4.93. The molecule has 0 unspecified atom stereocenters. The maximum atomic E-state index is 14.2. The number of alkyl halides is 3. The predicted octanol–water partition coefficient (Wildman–Crippen LogP) is 6.64. The second-order valence-corrected chi connectivity index (χ2v) is 7.11. The normalized spacial score (nSPS) is 11.5. The van der Waals surface area contributed by atoms with Gasteiger partial charge in [-0.15, -0.1) is 11.3 Å². The maximum absolute atomic E-state index is 14.2. The molecule has 1 heterocycles. The van der Waals surface area contributed by atoms with Gasteiger partial charge in [0.1, 0.15) is 11.5 Å². The molecule has 3 aromatic rings. The number of aromatic nitrogens is 1. The number of thiazole rings is 1. The Kier molecular flexibility index (Phi) is 5.71. The highest BCUT2D eigenvalue weighted by Crippen LogP contribution is 2.38. The number of nitrogens with zero attached hydrogens (tertiary/aromatic N) is 1. The van der Waals surface area contributed by atoms with Gasteiger partial charge in [0.05, 0.1) is 12.1 Å². The number of rotatable bonds is 5. The van der Waals surface area contributed by atoms with Crippen molar-refractivity contribution in [3.8, 4) is 11.5 Å². The first-order valence-corrected chi connectivity index (χ1v) is 8.71. The Hall–Kier alpha value is -2.46. The van der Waals surface area contributed by atoms with Crippen molar-refractivity contribution in [2.75, 3.05) is 5.32 Å². The fraction of sp³-hybridized carbons (Fsp3) is 0.118.